The molecular formula is C20H27N3O2. The van der Waals surface area contributed by atoms with Crippen LogP contribution in [0.25, 0.3) is 10.9 Å². The van der Waals surface area contributed by atoms with Crippen LogP contribution >= 0.6 is 0 Å². The Morgan fingerprint density at radius 1 is 1.04 bits per heavy atom. The lowest BCUT2D eigenvalue weighted by molar-refractivity contribution is -0.141. The Kier molecular flexibility index (Phi) is 4.84. The van der Waals surface area contributed by atoms with Crippen LogP contribution in [-0.2, 0) is 23.1 Å². The van der Waals surface area contributed by atoms with E-state index in [1.165, 1.54) is 0 Å². The van der Waals surface area contributed by atoms with Gasteiger partial charge in [-0.25, -0.2) is 0 Å². The first-order valence-electron chi connectivity index (χ1n) is 8.99. The van der Waals surface area contributed by atoms with Gasteiger partial charge >= 0.3 is 0 Å². The number of para-hydroxylation sites is 1. The highest BCUT2D eigenvalue weighted by Crippen LogP contribution is 2.25. The summed E-state index contributed by atoms with van der Waals surface area (Å²) in [7, 11) is 2.04. The maximum Gasteiger partial charge on any atom is 0.227 e. The highest BCUT2D eigenvalue weighted by Gasteiger charge is 2.26. The fraction of sp³-hybridized carbons (Fsp3) is 0.500. The Morgan fingerprint density at radius 2 is 1.64 bits per heavy atom. The molecule has 0 atom stereocenters. The Hall–Kier alpha value is -2.30. The molecule has 0 bridgehead atoms. The summed E-state index contributed by atoms with van der Waals surface area (Å²) in [5.41, 5.74) is 3.42. The van der Waals surface area contributed by atoms with Crippen molar-refractivity contribution in [2.45, 2.75) is 27.2 Å². The molecular weight excluding hydrogens is 314 g/mol. The number of rotatable bonds is 3. The molecule has 1 aliphatic rings. The van der Waals surface area contributed by atoms with Gasteiger partial charge < -0.3 is 14.4 Å². The lowest BCUT2D eigenvalue weighted by Gasteiger charge is -2.35. The van der Waals surface area contributed by atoms with E-state index in [-0.39, 0.29) is 17.7 Å². The average Bonchev–Trinajstić information content (AvgIpc) is 2.86. The monoisotopic (exact) mass is 341 g/mol. The highest BCUT2D eigenvalue weighted by atomic mass is 16.2. The zero-order valence-electron chi connectivity index (χ0n) is 15.6. The van der Waals surface area contributed by atoms with Crippen molar-refractivity contribution in [1.82, 2.24) is 14.4 Å². The Morgan fingerprint density at radius 3 is 2.28 bits per heavy atom. The summed E-state index contributed by atoms with van der Waals surface area (Å²) < 4.78 is 2.15. The van der Waals surface area contributed by atoms with E-state index in [9.17, 15) is 9.59 Å². The number of carbonyl (C=O) groups is 2. The summed E-state index contributed by atoms with van der Waals surface area (Å²) in [6, 6.07) is 8.22. The van der Waals surface area contributed by atoms with Crippen LogP contribution in [0, 0.1) is 12.8 Å². The standard InChI is InChI=1S/C20H27N3O2/c1-14(2)20(25)23-11-9-22(10-12-23)19(24)13-17-15(3)21(4)18-8-6-5-7-16(17)18/h5-8,14H,9-13H2,1-4H3. The van der Waals surface area contributed by atoms with Gasteiger partial charge in [-0.3, -0.25) is 9.59 Å². The van der Waals surface area contributed by atoms with Crippen molar-refractivity contribution < 1.29 is 9.59 Å². The minimum absolute atomic E-state index is 0.0144. The van der Waals surface area contributed by atoms with Crippen LogP contribution in [0.15, 0.2) is 24.3 Å². The SMILES string of the molecule is Cc1c(CC(=O)N2CCN(C(=O)C(C)C)CC2)c2ccccc2n1C. The zero-order chi connectivity index (χ0) is 18.1. The molecule has 1 fully saturated rings. The molecule has 0 N–H and O–H groups in total. The molecule has 1 aromatic carbocycles. The number of nitrogens with zero attached hydrogens (tertiary/aromatic N) is 3. The minimum atomic E-state index is 0.0144. The van der Waals surface area contributed by atoms with Crippen molar-refractivity contribution >= 4 is 22.7 Å². The maximum atomic E-state index is 12.8. The molecule has 5 heteroatoms. The van der Waals surface area contributed by atoms with Crippen molar-refractivity contribution in [2.24, 2.45) is 13.0 Å². The van der Waals surface area contributed by atoms with Gasteiger partial charge in [0.05, 0.1) is 6.42 Å². The predicted molar refractivity (Wildman–Crippen MR) is 99.4 cm³/mol. The second kappa shape index (κ2) is 6.90. The first kappa shape index (κ1) is 17.5. The van der Waals surface area contributed by atoms with Crippen LogP contribution in [0.4, 0.5) is 0 Å². The quantitative estimate of drug-likeness (QED) is 0.860. The largest absolute Gasteiger partial charge is 0.348 e. The second-order valence-corrected chi connectivity index (χ2v) is 7.18. The normalized spacial score (nSPS) is 15.2. The lowest BCUT2D eigenvalue weighted by atomic mass is 10.1. The molecule has 0 aliphatic carbocycles. The molecule has 2 amide bonds. The second-order valence-electron chi connectivity index (χ2n) is 7.18. The van der Waals surface area contributed by atoms with Crippen molar-refractivity contribution in [3.8, 4) is 0 Å². The molecule has 0 radical (unpaired) electrons. The predicted octanol–water partition coefficient (Wildman–Crippen LogP) is 2.36. The van der Waals surface area contributed by atoms with Crippen molar-refractivity contribution in [2.75, 3.05) is 26.2 Å². The number of aromatic nitrogens is 1. The third-order valence-corrected chi connectivity index (χ3v) is 5.30. The molecule has 3 rings (SSSR count). The molecule has 25 heavy (non-hydrogen) atoms. The first-order valence-corrected chi connectivity index (χ1v) is 8.99. The summed E-state index contributed by atoms with van der Waals surface area (Å²) in [5.74, 6) is 0.341. The average molecular weight is 341 g/mol. The van der Waals surface area contributed by atoms with Crippen LogP contribution in [0.3, 0.4) is 0 Å². The summed E-state index contributed by atoms with van der Waals surface area (Å²) >= 11 is 0. The van der Waals surface area contributed by atoms with E-state index in [1.54, 1.807) is 0 Å². The minimum Gasteiger partial charge on any atom is -0.348 e. The molecule has 5 nitrogen and oxygen atoms in total. The van der Waals surface area contributed by atoms with Gasteiger partial charge in [0.25, 0.3) is 0 Å². The summed E-state index contributed by atoms with van der Waals surface area (Å²) in [4.78, 5) is 28.6. The van der Waals surface area contributed by atoms with Gasteiger partial charge in [-0.1, -0.05) is 32.0 Å². The molecule has 0 saturated carbocycles. The lowest BCUT2D eigenvalue weighted by Crippen LogP contribution is -2.51. The van der Waals surface area contributed by atoms with Crippen LogP contribution < -0.4 is 0 Å². The zero-order valence-corrected chi connectivity index (χ0v) is 15.6. The molecule has 1 saturated heterocycles. The number of carbonyl (C=O) groups excluding carboxylic acids is 2. The van der Waals surface area contributed by atoms with Gasteiger partial charge in [-0.05, 0) is 18.6 Å². The van der Waals surface area contributed by atoms with Gasteiger partial charge in [0.15, 0.2) is 0 Å². The molecule has 2 aromatic rings. The van der Waals surface area contributed by atoms with Crippen molar-refractivity contribution in [3.63, 3.8) is 0 Å². The van der Waals surface area contributed by atoms with Crippen LogP contribution in [0.5, 0.6) is 0 Å². The number of amides is 2. The van der Waals surface area contributed by atoms with Crippen LogP contribution in [-0.4, -0.2) is 52.4 Å². The first-order chi connectivity index (χ1) is 11.9. The number of aryl methyl sites for hydroxylation is 1. The van der Waals surface area contributed by atoms with E-state index < -0.39 is 0 Å². The van der Waals surface area contributed by atoms with Gasteiger partial charge in [0.1, 0.15) is 0 Å². The van der Waals surface area contributed by atoms with Gasteiger partial charge in [-0.2, -0.15) is 0 Å². The molecule has 2 heterocycles. The Labute approximate surface area is 149 Å². The summed E-state index contributed by atoms with van der Waals surface area (Å²) in [6.07, 6.45) is 0.422. The molecule has 134 valence electrons. The van der Waals surface area contributed by atoms with Crippen molar-refractivity contribution in [3.05, 3.63) is 35.5 Å². The molecule has 0 spiro atoms. The third-order valence-electron chi connectivity index (χ3n) is 5.30. The third kappa shape index (κ3) is 3.28. The van der Waals surface area contributed by atoms with E-state index in [2.05, 4.69) is 23.6 Å². The van der Waals surface area contributed by atoms with Crippen LogP contribution in [0.1, 0.15) is 25.1 Å². The van der Waals surface area contributed by atoms with E-state index in [0.29, 0.717) is 32.6 Å². The maximum absolute atomic E-state index is 12.8. The molecule has 1 aliphatic heterocycles. The van der Waals surface area contributed by atoms with Gasteiger partial charge in [-0.15, -0.1) is 0 Å². The fourth-order valence-corrected chi connectivity index (χ4v) is 3.63. The van der Waals surface area contributed by atoms with E-state index in [4.69, 9.17) is 0 Å². The van der Waals surface area contributed by atoms with E-state index in [0.717, 1.165) is 22.2 Å². The van der Waals surface area contributed by atoms with Gasteiger partial charge in [0, 0.05) is 55.7 Å². The number of fused-ring (bicyclic) bond motifs is 1. The van der Waals surface area contributed by atoms with Crippen LogP contribution in [0.2, 0.25) is 0 Å². The van der Waals surface area contributed by atoms with Crippen molar-refractivity contribution in [1.29, 1.82) is 0 Å². The topological polar surface area (TPSA) is 45.6 Å². The number of hydrogen-bond donors (Lipinski definition) is 0. The summed E-state index contributed by atoms with van der Waals surface area (Å²) in [5, 5.41) is 1.16. The smallest absolute Gasteiger partial charge is 0.227 e. The number of hydrogen-bond acceptors (Lipinski definition) is 2. The molecule has 1 aromatic heterocycles. The Bertz CT molecular complexity index is 799. The molecule has 0 unspecified atom stereocenters. The fourth-order valence-electron chi connectivity index (χ4n) is 3.63. The van der Waals surface area contributed by atoms with Gasteiger partial charge in [0.2, 0.25) is 11.8 Å². The number of benzene rings is 1. The number of piperazine rings is 1. The Balaban J connectivity index is 1.70. The summed E-state index contributed by atoms with van der Waals surface area (Å²) in [6.45, 7) is 8.44. The highest BCUT2D eigenvalue weighted by molar-refractivity contribution is 5.90. The van der Waals surface area contributed by atoms with E-state index >= 15 is 0 Å². The van der Waals surface area contributed by atoms with E-state index in [1.807, 2.05) is 42.8 Å².